The fourth-order valence-corrected chi connectivity index (χ4v) is 4.63. The minimum Gasteiger partial charge on any atom is -0.385 e. The molecular formula is C26H43N3O9. The molecule has 216 valence electrons. The number of ketones is 4. The van der Waals surface area contributed by atoms with E-state index in [1.54, 1.807) is 0 Å². The molecule has 0 aromatic rings. The van der Waals surface area contributed by atoms with Gasteiger partial charge in [-0.1, -0.05) is 88.2 Å². The van der Waals surface area contributed by atoms with Crippen molar-refractivity contribution in [3.63, 3.8) is 0 Å². The highest BCUT2D eigenvalue weighted by Crippen LogP contribution is 2.59. The Morgan fingerprint density at radius 2 is 1.11 bits per heavy atom. The van der Waals surface area contributed by atoms with E-state index in [1.165, 1.54) is 83.1 Å². The van der Waals surface area contributed by atoms with Crippen molar-refractivity contribution >= 4 is 23.1 Å². The fourth-order valence-electron chi connectivity index (χ4n) is 4.63. The summed E-state index contributed by atoms with van der Waals surface area (Å²) in [7, 11) is 0. The standard InChI is InChI=1S/C26H43N3O9/c1-19(2,3)15(31)14(30)13-23(28-29-27)24(35,16(32)20(4,5)6)25(36,17(33)21(7,8)9)26(37,38-23)18(34)22(10,11)12/h14,30,35-37H,13H2,1-12H3/t14?,23-,24-,25+,26-/m0/s1. The Morgan fingerprint density at radius 1 is 0.737 bits per heavy atom. The van der Waals surface area contributed by atoms with Crippen LogP contribution in [0.3, 0.4) is 0 Å². The van der Waals surface area contributed by atoms with Crippen LogP contribution in [0.15, 0.2) is 5.11 Å². The average molecular weight is 542 g/mol. The highest BCUT2D eigenvalue weighted by Gasteiger charge is 2.88. The van der Waals surface area contributed by atoms with Gasteiger partial charge in [0.25, 0.3) is 5.79 Å². The maximum absolute atomic E-state index is 14.0. The molecule has 1 rings (SSSR count). The lowest BCUT2D eigenvalue weighted by Gasteiger charge is -2.47. The van der Waals surface area contributed by atoms with Crippen LogP contribution in [0.1, 0.15) is 89.5 Å². The number of hydrogen-bond acceptors (Lipinski definition) is 10. The first-order chi connectivity index (χ1) is 16.5. The normalized spacial score (nSPS) is 31.4. The summed E-state index contributed by atoms with van der Waals surface area (Å²) in [6.45, 7) is 16.3. The van der Waals surface area contributed by atoms with Gasteiger partial charge in [-0.3, -0.25) is 19.2 Å². The van der Waals surface area contributed by atoms with Crippen molar-refractivity contribution in [1.29, 1.82) is 0 Å². The van der Waals surface area contributed by atoms with Gasteiger partial charge in [-0.05, 0) is 5.53 Å². The SMILES string of the molecule is CC(C)(C)C(=O)C(O)C[C@]1(N=[N+]=[N-])O[C@@](O)(C(=O)C(C)(C)C)[C@@](O)(C(=O)C(C)(C)C)[C@]1(O)C(=O)C(C)(C)C. The number of hydrogen-bond donors (Lipinski definition) is 4. The molecule has 0 saturated carbocycles. The van der Waals surface area contributed by atoms with Gasteiger partial charge in [-0.15, -0.1) is 0 Å². The number of Topliss-reactive ketones (excluding diaryl/α,β-unsaturated/α-hetero) is 4. The summed E-state index contributed by atoms with van der Waals surface area (Å²) >= 11 is 0. The van der Waals surface area contributed by atoms with Crippen molar-refractivity contribution in [2.24, 2.45) is 26.8 Å². The molecule has 0 aliphatic carbocycles. The van der Waals surface area contributed by atoms with Crippen molar-refractivity contribution in [3.8, 4) is 0 Å². The van der Waals surface area contributed by atoms with Gasteiger partial charge in [0.05, 0.1) is 0 Å². The Kier molecular flexibility index (Phi) is 8.42. The summed E-state index contributed by atoms with van der Waals surface area (Å²) in [5.74, 6) is -8.52. The molecule has 12 nitrogen and oxygen atoms in total. The molecule has 12 heteroatoms. The number of ether oxygens (including phenoxy) is 1. The third-order valence-corrected chi connectivity index (χ3v) is 6.62. The Morgan fingerprint density at radius 3 is 1.42 bits per heavy atom. The second-order valence-electron chi connectivity index (χ2n) is 14.2. The van der Waals surface area contributed by atoms with Crippen LogP contribution in [0.4, 0.5) is 0 Å². The van der Waals surface area contributed by atoms with E-state index in [1.807, 2.05) is 0 Å². The van der Waals surface area contributed by atoms with Crippen molar-refractivity contribution in [1.82, 2.24) is 0 Å². The van der Waals surface area contributed by atoms with Crippen LogP contribution < -0.4 is 0 Å². The van der Waals surface area contributed by atoms with Gasteiger partial charge in [0.15, 0.2) is 23.1 Å². The van der Waals surface area contributed by atoms with Gasteiger partial charge in [-0.2, -0.15) is 0 Å². The Labute approximate surface area is 223 Å². The average Bonchev–Trinajstić information content (AvgIpc) is 2.86. The number of carbonyl (C=O) groups is 4. The lowest BCUT2D eigenvalue weighted by atomic mass is 9.58. The van der Waals surface area contributed by atoms with Gasteiger partial charge >= 0.3 is 0 Å². The van der Waals surface area contributed by atoms with Crippen molar-refractivity contribution in [2.75, 3.05) is 0 Å². The highest BCUT2D eigenvalue weighted by atomic mass is 16.7. The number of aliphatic hydroxyl groups excluding tert-OH is 1. The summed E-state index contributed by atoms with van der Waals surface area (Å²) in [4.78, 5) is 57.2. The highest BCUT2D eigenvalue weighted by molar-refractivity contribution is 6.10. The quantitative estimate of drug-likeness (QED) is 0.211. The van der Waals surface area contributed by atoms with Gasteiger partial charge in [0.2, 0.25) is 17.0 Å². The predicted octanol–water partition coefficient (Wildman–Crippen LogP) is 2.39. The molecule has 1 aliphatic heterocycles. The van der Waals surface area contributed by atoms with Crippen LogP contribution in [0.5, 0.6) is 0 Å². The Balaban J connectivity index is 4.44. The van der Waals surface area contributed by atoms with Crippen LogP contribution in [-0.2, 0) is 23.9 Å². The molecule has 1 unspecified atom stereocenters. The van der Waals surface area contributed by atoms with Gasteiger partial charge in [-0.25, -0.2) is 0 Å². The van der Waals surface area contributed by atoms with Crippen molar-refractivity contribution in [2.45, 2.75) is 118 Å². The van der Waals surface area contributed by atoms with Crippen LogP contribution in [0.2, 0.25) is 0 Å². The third-order valence-electron chi connectivity index (χ3n) is 6.62. The minimum atomic E-state index is -3.74. The van der Waals surface area contributed by atoms with E-state index in [4.69, 9.17) is 4.74 Å². The zero-order valence-corrected chi connectivity index (χ0v) is 24.5. The van der Waals surface area contributed by atoms with E-state index in [9.17, 15) is 45.1 Å². The fraction of sp³-hybridized carbons (Fsp3) is 0.846. The lowest BCUT2D eigenvalue weighted by molar-refractivity contribution is -0.265. The predicted molar refractivity (Wildman–Crippen MR) is 136 cm³/mol. The number of carbonyl (C=O) groups excluding carboxylic acids is 4. The second kappa shape index (κ2) is 9.46. The number of aliphatic hydroxyl groups is 4. The van der Waals surface area contributed by atoms with Gasteiger partial charge in [0, 0.05) is 33.0 Å². The van der Waals surface area contributed by atoms with E-state index in [2.05, 4.69) is 10.0 Å². The first-order valence-corrected chi connectivity index (χ1v) is 12.3. The monoisotopic (exact) mass is 541 g/mol. The molecule has 38 heavy (non-hydrogen) atoms. The van der Waals surface area contributed by atoms with Crippen LogP contribution in [0.25, 0.3) is 10.4 Å². The molecule has 0 aromatic heterocycles. The molecule has 0 aromatic carbocycles. The molecule has 0 spiro atoms. The molecule has 4 N–H and O–H groups in total. The number of azide groups is 1. The largest absolute Gasteiger partial charge is 0.385 e. The molecule has 1 aliphatic rings. The first kappa shape index (κ1) is 33.8. The summed E-state index contributed by atoms with van der Waals surface area (Å²) in [6.07, 6.45) is -3.26. The van der Waals surface area contributed by atoms with E-state index in [0.717, 1.165) is 0 Å². The first-order valence-electron chi connectivity index (χ1n) is 12.3. The van der Waals surface area contributed by atoms with Crippen molar-refractivity contribution in [3.05, 3.63) is 10.4 Å². The van der Waals surface area contributed by atoms with Gasteiger partial charge in [0.1, 0.15) is 6.10 Å². The molecule has 5 atom stereocenters. The van der Waals surface area contributed by atoms with Crippen LogP contribution in [-0.4, -0.2) is 72.4 Å². The lowest BCUT2D eigenvalue weighted by Crippen LogP contribution is -2.78. The van der Waals surface area contributed by atoms with E-state index >= 15 is 0 Å². The third kappa shape index (κ3) is 4.94. The molecule has 1 fully saturated rings. The summed E-state index contributed by atoms with van der Waals surface area (Å²) in [5, 5.41) is 50.7. The van der Waals surface area contributed by atoms with Crippen LogP contribution in [0, 0.1) is 21.7 Å². The Hall–Kier alpha value is -2.21. The zero-order chi connectivity index (χ0) is 30.7. The zero-order valence-electron chi connectivity index (χ0n) is 24.5. The van der Waals surface area contributed by atoms with Gasteiger partial charge < -0.3 is 25.2 Å². The molecule has 0 radical (unpaired) electrons. The summed E-state index contributed by atoms with van der Waals surface area (Å²) in [6, 6.07) is 0. The van der Waals surface area contributed by atoms with E-state index < -0.39 is 80.0 Å². The van der Waals surface area contributed by atoms with Crippen molar-refractivity contribution < 1.29 is 44.3 Å². The Bertz CT molecular complexity index is 1070. The molecule has 1 saturated heterocycles. The molecule has 0 amide bonds. The second-order valence-corrected chi connectivity index (χ2v) is 14.2. The maximum atomic E-state index is 14.0. The van der Waals surface area contributed by atoms with Crippen LogP contribution >= 0.6 is 0 Å². The molecule has 0 bridgehead atoms. The summed E-state index contributed by atoms with van der Waals surface area (Å²) < 4.78 is 5.59. The molecule has 1 heterocycles. The number of rotatable bonds is 7. The van der Waals surface area contributed by atoms with E-state index in [-0.39, 0.29) is 0 Å². The number of nitrogens with zero attached hydrogens (tertiary/aromatic N) is 3. The molecular weight excluding hydrogens is 498 g/mol. The smallest absolute Gasteiger partial charge is 0.268 e. The van der Waals surface area contributed by atoms with E-state index in [0.29, 0.717) is 0 Å². The maximum Gasteiger partial charge on any atom is 0.268 e. The summed E-state index contributed by atoms with van der Waals surface area (Å²) in [5.41, 5.74) is -6.99. The minimum absolute atomic E-state index is 0.831. The topological polar surface area (TPSA) is 207 Å².